The van der Waals surface area contributed by atoms with Crippen LogP contribution in [0.5, 0.6) is 0 Å². The van der Waals surface area contributed by atoms with E-state index in [0.717, 1.165) is 28.5 Å². The molecule has 0 saturated carbocycles. The van der Waals surface area contributed by atoms with Gasteiger partial charge in [0.05, 0.1) is 16.8 Å². The molecule has 3 aromatic carbocycles. The number of fused-ring (bicyclic) bond motifs is 1. The molecule has 5 aromatic rings. The highest BCUT2D eigenvalue weighted by Gasteiger charge is 2.17. The third kappa shape index (κ3) is 4.28. The van der Waals surface area contributed by atoms with Gasteiger partial charge in [0.15, 0.2) is 6.29 Å². The Kier molecular flexibility index (Phi) is 6.06. The first kappa shape index (κ1) is 21.8. The molecule has 2 heterocycles. The molecule has 0 bridgehead atoms. The van der Waals surface area contributed by atoms with Crippen molar-refractivity contribution in [3.8, 4) is 11.1 Å². The van der Waals surface area contributed by atoms with Crippen molar-refractivity contribution in [3.63, 3.8) is 0 Å². The summed E-state index contributed by atoms with van der Waals surface area (Å²) in [5.74, 6) is 0. The van der Waals surface area contributed by atoms with E-state index in [1.165, 1.54) is 15.9 Å². The van der Waals surface area contributed by atoms with E-state index in [4.69, 9.17) is 0 Å². The van der Waals surface area contributed by atoms with Crippen LogP contribution in [-0.2, 0) is 19.5 Å². The predicted molar refractivity (Wildman–Crippen MR) is 137 cm³/mol. The van der Waals surface area contributed by atoms with Crippen LogP contribution in [0.2, 0.25) is 0 Å². The van der Waals surface area contributed by atoms with Crippen molar-refractivity contribution in [2.24, 2.45) is 0 Å². The average Bonchev–Trinajstić information content (AvgIpc) is 3.33. The van der Waals surface area contributed by atoms with Crippen LogP contribution >= 0.6 is 11.3 Å². The van der Waals surface area contributed by atoms with E-state index in [9.17, 15) is 14.4 Å². The van der Waals surface area contributed by atoms with E-state index in [1.807, 2.05) is 72.8 Å². The quantitative estimate of drug-likeness (QED) is 0.317. The zero-order chi connectivity index (χ0) is 23.5. The zero-order valence-electron chi connectivity index (χ0n) is 18.4. The minimum Gasteiger partial charge on any atom is -0.297 e. The smallest absolute Gasteiger partial charge is 0.297 e. The van der Waals surface area contributed by atoms with Crippen molar-refractivity contribution in [2.45, 2.75) is 19.5 Å². The van der Waals surface area contributed by atoms with Crippen LogP contribution in [0.3, 0.4) is 0 Å². The summed E-state index contributed by atoms with van der Waals surface area (Å²) < 4.78 is 2.89. The molecule has 0 spiro atoms. The van der Waals surface area contributed by atoms with Gasteiger partial charge in [-0.1, -0.05) is 84.9 Å². The number of aromatic nitrogens is 2. The molecule has 0 amide bonds. The van der Waals surface area contributed by atoms with Crippen molar-refractivity contribution in [3.05, 3.63) is 128 Å². The fraction of sp³-hybridized carbons (Fsp3) is 0.107. The van der Waals surface area contributed by atoms with Gasteiger partial charge in [-0.2, -0.15) is 0 Å². The molecule has 0 atom stereocenters. The molecular formula is C28H22N2O3S. The van der Waals surface area contributed by atoms with Crippen LogP contribution in [0.4, 0.5) is 0 Å². The van der Waals surface area contributed by atoms with E-state index < -0.39 is 0 Å². The Morgan fingerprint density at radius 3 is 2.06 bits per heavy atom. The number of thiophene rings is 1. The van der Waals surface area contributed by atoms with Gasteiger partial charge in [-0.3, -0.25) is 18.7 Å². The maximum atomic E-state index is 13.5. The van der Waals surface area contributed by atoms with Crippen LogP contribution in [0.1, 0.15) is 20.8 Å². The molecule has 2 aromatic heterocycles. The van der Waals surface area contributed by atoms with Crippen molar-refractivity contribution in [2.75, 3.05) is 0 Å². The van der Waals surface area contributed by atoms with E-state index >= 15 is 0 Å². The molecule has 168 valence electrons. The van der Waals surface area contributed by atoms with Gasteiger partial charge in [0.2, 0.25) is 0 Å². The maximum Gasteiger partial charge on any atom is 0.332 e. The molecule has 0 unspecified atom stereocenters. The summed E-state index contributed by atoms with van der Waals surface area (Å²) in [4.78, 5) is 39.0. The summed E-state index contributed by atoms with van der Waals surface area (Å²) in [5.41, 5.74) is 3.50. The number of carbonyl (C=O) groups is 1. The number of nitrogens with zero attached hydrogens (tertiary/aromatic N) is 2. The first-order valence-corrected chi connectivity index (χ1v) is 11.9. The zero-order valence-corrected chi connectivity index (χ0v) is 19.2. The number of aldehydes is 1. The largest absolute Gasteiger partial charge is 0.332 e. The first-order chi connectivity index (χ1) is 16.6. The highest BCUT2D eigenvalue weighted by molar-refractivity contribution is 7.20. The monoisotopic (exact) mass is 466 g/mol. The van der Waals surface area contributed by atoms with Crippen molar-refractivity contribution in [1.82, 2.24) is 9.13 Å². The lowest BCUT2D eigenvalue weighted by Gasteiger charge is -2.13. The molecule has 0 fully saturated rings. The topological polar surface area (TPSA) is 61.1 Å². The SMILES string of the molecule is O=Cc1cc2c(=O)n(CCc3ccccc3)c(=O)n(Cc3ccc(-c4ccccc4)cc3)c2s1. The standard InChI is InChI=1S/C28H22N2O3S/c31-19-24-17-25-26(32)29(16-15-20-7-3-1-4-8-20)28(33)30(27(25)34-24)18-21-11-13-23(14-12-21)22-9-5-2-6-10-22/h1-14,17,19H,15-16,18H2. The number of benzene rings is 3. The highest BCUT2D eigenvalue weighted by Crippen LogP contribution is 2.23. The van der Waals surface area contributed by atoms with Gasteiger partial charge < -0.3 is 0 Å². The normalized spacial score (nSPS) is 11.1. The Balaban J connectivity index is 1.54. The minimum atomic E-state index is -0.361. The molecule has 34 heavy (non-hydrogen) atoms. The second-order valence-electron chi connectivity index (χ2n) is 8.11. The second-order valence-corrected chi connectivity index (χ2v) is 9.17. The average molecular weight is 467 g/mol. The molecule has 5 nitrogen and oxygen atoms in total. The predicted octanol–water partition coefficient (Wildman–Crippen LogP) is 5.00. The van der Waals surface area contributed by atoms with Gasteiger partial charge >= 0.3 is 5.69 Å². The van der Waals surface area contributed by atoms with Gasteiger partial charge in [-0.05, 0) is 34.7 Å². The highest BCUT2D eigenvalue weighted by atomic mass is 32.1. The summed E-state index contributed by atoms with van der Waals surface area (Å²) in [6.07, 6.45) is 1.29. The van der Waals surface area contributed by atoms with E-state index in [-0.39, 0.29) is 17.8 Å². The molecular weight excluding hydrogens is 444 g/mol. The Bertz CT molecular complexity index is 1560. The van der Waals surface area contributed by atoms with Gasteiger partial charge in [-0.15, -0.1) is 11.3 Å². The van der Waals surface area contributed by atoms with E-state index in [1.54, 1.807) is 10.6 Å². The maximum absolute atomic E-state index is 13.5. The van der Waals surface area contributed by atoms with Gasteiger partial charge in [-0.25, -0.2) is 4.79 Å². The molecule has 0 aliphatic heterocycles. The second kappa shape index (κ2) is 9.45. The summed E-state index contributed by atoms with van der Waals surface area (Å²) >= 11 is 1.18. The summed E-state index contributed by atoms with van der Waals surface area (Å²) in [5, 5.41) is 0.403. The molecule has 0 radical (unpaired) electrons. The lowest BCUT2D eigenvalue weighted by Crippen LogP contribution is -2.40. The molecule has 0 aliphatic rings. The molecule has 5 rings (SSSR count). The summed E-state index contributed by atoms with van der Waals surface area (Å²) in [7, 11) is 0. The number of hydrogen-bond acceptors (Lipinski definition) is 4. The van der Waals surface area contributed by atoms with Crippen molar-refractivity contribution < 1.29 is 4.79 Å². The Hall–Kier alpha value is -4.03. The van der Waals surface area contributed by atoms with E-state index in [0.29, 0.717) is 28.1 Å². The molecule has 0 saturated heterocycles. The fourth-order valence-electron chi connectivity index (χ4n) is 4.11. The van der Waals surface area contributed by atoms with Gasteiger partial charge in [0.1, 0.15) is 4.83 Å². The van der Waals surface area contributed by atoms with Crippen LogP contribution in [0, 0.1) is 0 Å². The Labute approximate surface area is 200 Å². The number of aryl methyl sites for hydroxylation is 1. The summed E-state index contributed by atoms with van der Waals surface area (Å²) in [6, 6.07) is 29.5. The number of rotatable bonds is 7. The van der Waals surface area contributed by atoms with Crippen molar-refractivity contribution >= 4 is 27.8 Å². The lowest BCUT2D eigenvalue weighted by molar-refractivity contribution is 0.112. The van der Waals surface area contributed by atoms with Crippen LogP contribution < -0.4 is 11.2 Å². The van der Waals surface area contributed by atoms with Crippen molar-refractivity contribution in [1.29, 1.82) is 0 Å². The fourth-order valence-corrected chi connectivity index (χ4v) is 5.07. The molecule has 0 aliphatic carbocycles. The van der Waals surface area contributed by atoms with Gasteiger partial charge in [0.25, 0.3) is 5.56 Å². The first-order valence-electron chi connectivity index (χ1n) is 11.0. The Morgan fingerprint density at radius 1 is 0.735 bits per heavy atom. The van der Waals surface area contributed by atoms with E-state index in [2.05, 4.69) is 12.1 Å². The van der Waals surface area contributed by atoms with Crippen LogP contribution in [-0.4, -0.2) is 15.4 Å². The van der Waals surface area contributed by atoms with Crippen LogP contribution in [0.25, 0.3) is 21.3 Å². The van der Waals surface area contributed by atoms with Crippen LogP contribution in [0.15, 0.2) is 101 Å². The Morgan fingerprint density at radius 2 is 1.38 bits per heavy atom. The minimum absolute atomic E-state index is 0.275. The lowest BCUT2D eigenvalue weighted by atomic mass is 10.0. The summed E-state index contributed by atoms with van der Waals surface area (Å²) in [6.45, 7) is 0.589. The number of hydrogen-bond donors (Lipinski definition) is 0. The van der Waals surface area contributed by atoms with Gasteiger partial charge in [0, 0.05) is 6.54 Å². The third-order valence-corrected chi connectivity index (χ3v) is 6.98. The number of carbonyl (C=O) groups excluding carboxylic acids is 1. The third-order valence-electron chi connectivity index (χ3n) is 5.90. The molecule has 0 N–H and O–H groups in total. The molecule has 6 heteroatoms.